The van der Waals surface area contributed by atoms with Crippen LogP contribution in [-0.2, 0) is 17.9 Å². The highest BCUT2D eigenvalue weighted by molar-refractivity contribution is 5.73. The number of carbonyl (C=O) groups is 1. The van der Waals surface area contributed by atoms with Gasteiger partial charge in [0, 0.05) is 32.0 Å². The fourth-order valence-corrected chi connectivity index (χ4v) is 1.86. The number of nitrogens with one attached hydrogen (secondary N) is 2. The largest absolute Gasteiger partial charge is 0.481 e. The average Bonchev–Trinajstić information content (AvgIpc) is 3.09. The van der Waals surface area contributed by atoms with Crippen molar-refractivity contribution >= 4 is 6.03 Å². The van der Waals surface area contributed by atoms with Gasteiger partial charge in [0.1, 0.15) is 12.4 Å². The third-order valence-corrected chi connectivity index (χ3v) is 3.04. The van der Waals surface area contributed by atoms with E-state index in [1.807, 2.05) is 18.2 Å². The van der Waals surface area contributed by atoms with Gasteiger partial charge in [0.15, 0.2) is 0 Å². The first-order chi connectivity index (χ1) is 11.3. The Labute approximate surface area is 135 Å². The molecule has 0 aliphatic rings. The summed E-state index contributed by atoms with van der Waals surface area (Å²) in [7, 11) is 1.56. The number of methoxy groups -OCH3 is 1. The minimum absolute atomic E-state index is 0.216. The summed E-state index contributed by atoms with van der Waals surface area (Å²) < 4.78 is 15.6. The lowest BCUT2D eigenvalue weighted by Crippen LogP contribution is -2.35. The van der Waals surface area contributed by atoms with E-state index in [1.54, 1.807) is 25.6 Å². The van der Waals surface area contributed by atoms with Crippen molar-refractivity contribution in [1.29, 1.82) is 0 Å². The summed E-state index contributed by atoms with van der Waals surface area (Å²) in [5, 5.41) is 5.55. The Kier molecular flexibility index (Phi) is 6.93. The zero-order chi connectivity index (χ0) is 16.3. The van der Waals surface area contributed by atoms with Crippen LogP contribution in [0.1, 0.15) is 17.7 Å². The number of furan rings is 1. The van der Waals surface area contributed by atoms with Gasteiger partial charge in [-0.3, -0.25) is 0 Å². The van der Waals surface area contributed by atoms with Gasteiger partial charge in [-0.25, -0.2) is 9.78 Å². The van der Waals surface area contributed by atoms with E-state index in [0.29, 0.717) is 32.2 Å². The number of ether oxygens (including phenoxy) is 2. The Bertz CT molecular complexity index is 587. The zero-order valence-corrected chi connectivity index (χ0v) is 13.1. The lowest BCUT2D eigenvalue weighted by atomic mass is 10.2. The molecule has 0 aliphatic heterocycles. The number of pyridine rings is 1. The Morgan fingerprint density at radius 1 is 1.35 bits per heavy atom. The van der Waals surface area contributed by atoms with Crippen molar-refractivity contribution in [2.45, 2.75) is 19.6 Å². The quantitative estimate of drug-likeness (QED) is 0.691. The maximum atomic E-state index is 11.7. The number of nitrogens with zero attached hydrogens (tertiary/aromatic N) is 1. The molecule has 23 heavy (non-hydrogen) atoms. The predicted molar refractivity (Wildman–Crippen MR) is 84.0 cm³/mol. The van der Waals surface area contributed by atoms with Crippen LogP contribution in [0.15, 0.2) is 41.1 Å². The molecule has 0 atom stereocenters. The average molecular weight is 319 g/mol. The van der Waals surface area contributed by atoms with Gasteiger partial charge in [-0.2, -0.15) is 0 Å². The van der Waals surface area contributed by atoms with Crippen molar-refractivity contribution in [1.82, 2.24) is 15.6 Å². The molecule has 2 aromatic rings. The third kappa shape index (κ3) is 6.39. The minimum Gasteiger partial charge on any atom is -0.481 e. The molecule has 2 heterocycles. The molecule has 2 rings (SSSR count). The molecule has 2 amide bonds. The maximum Gasteiger partial charge on any atom is 0.315 e. The highest BCUT2D eigenvalue weighted by atomic mass is 16.5. The summed E-state index contributed by atoms with van der Waals surface area (Å²) in [6.45, 7) is 1.97. The van der Waals surface area contributed by atoms with Crippen LogP contribution < -0.4 is 15.4 Å². The second-order valence-corrected chi connectivity index (χ2v) is 4.80. The van der Waals surface area contributed by atoms with Crippen LogP contribution in [0.3, 0.4) is 0 Å². The molecule has 0 fully saturated rings. The molecule has 2 aromatic heterocycles. The van der Waals surface area contributed by atoms with Crippen molar-refractivity contribution in [2.75, 3.05) is 20.3 Å². The Balaban J connectivity index is 1.53. The summed E-state index contributed by atoms with van der Waals surface area (Å²) in [5.74, 6) is 1.32. The van der Waals surface area contributed by atoms with E-state index in [9.17, 15) is 4.79 Å². The van der Waals surface area contributed by atoms with Gasteiger partial charge < -0.3 is 24.5 Å². The number of urea groups is 1. The molecule has 7 nitrogen and oxygen atoms in total. The molecular weight excluding hydrogens is 298 g/mol. The van der Waals surface area contributed by atoms with Crippen LogP contribution in [-0.4, -0.2) is 31.3 Å². The second kappa shape index (κ2) is 9.47. The van der Waals surface area contributed by atoms with Crippen molar-refractivity contribution < 1.29 is 18.7 Å². The fourth-order valence-electron chi connectivity index (χ4n) is 1.86. The molecule has 0 saturated carbocycles. The number of amides is 2. The van der Waals surface area contributed by atoms with Crippen molar-refractivity contribution in [3.63, 3.8) is 0 Å². The van der Waals surface area contributed by atoms with Crippen molar-refractivity contribution in [2.24, 2.45) is 0 Å². The topological polar surface area (TPSA) is 85.6 Å². The van der Waals surface area contributed by atoms with Gasteiger partial charge in [-0.05, 0) is 30.2 Å². The molecule has 0 bridgehead atoms. The normalized spacial score (nSPS) is 10.3. The van der Waals surface area contributed by atoms with Crippen molar-refractivity contribution in [3.8, 4) is 5.88 Å². The molecule has 0 spiro atoms. The van der Waals surface area contributed by atoms with Gasteiger partial charge in [0.25, 0.3) is 0 Å². The molecule has 2 N–H and O–H groups in total. The predicted octanol–water partition coefficient (Wildman–Crippen LogP) is 2.09. The monoisotopic (exact) mass is 319 g/mol. The smallest absolute Gasteiger partial charge is 0.315 e. The third-order valence-electron chi connectivity index (χ3n) is 3.04. The maximum absolute atomic E-state index is 11.7. The summed E-state index contributed by atoms with van der Waals surface area (Å²) in [6, 6.07) is 7.07. The lowest BCUT2D eigenvalue weighted by molar-refractivity contribution is 0.104. The summed E-state index contributed by atoms with van der Waals surface area (Å²) in [6.07, 6.45) is 3.99. The van der Waals surface area contributed by atoms with Crippen LogP contribution in [0.2, 0.25) is 0 Å². The first kappa shape index (κ1) is 16.8. The van der Waals surface area contributed by atoms with Gasteiger partial charge in [0.05, 0.1) is 13.4 Å². The van der Waals surface area contributed by atoms with E-state index in [2.05, 4.69) is 15.6 Å². The van der Waals surface area contributed by atoms with Crippen LogP contribution in [0, 0.1) is 0 Å². The number of aromatic nitrogens is 1. The molecular formula is C16H21N3O4. The summed E-state index contributed by atoms with van der Waals surface area (Å²) >= 11 is 0. The molecule has 0 aromatic carbocycles. The number of rotatable bonds is 9. The Morgan fingerprint density at radius 2 is 2.26 bits per heavy atom. The van der Waals surface area contributed by atoms with E-state index in [0.717, 1.165) is 17.7 Å². The van der Waals surface area contributed by atoms with Crippen LogP contribution in [0.5, 0.6) is 5.88 Å². The van der Waals surface area contributed by atoms with Crippen LogP contribution in [0.4, 0.5) is 4.79 Å². The van der Waals surface area contributed by atoms with Gasteiger partial charge >= 0.3 is 6.03 Å². The highest BCUT2D eigenvalue weighted by Crippen LogP contribution is 2.07. The lowest BCUT2D eigenvalue weighted by Gasteiger charge is -2.08. The summed E-state index contributed by atoms with van der Waals surface area (Å²) in [4.78, 5) is 15.7. The van der Waals surface area contributed by atoms with Crippen LogP contribution in [0.25, 0.3) is 0 Å². The second-order valence-electron chi connectivity index (χ2n) is 4.80. The van der Waals surface area contributed by atoms with E-state index >= 15 is 0 Å². The van der Waals surface area contributed by atoms with E-state index in [-0.39, 0.29) is 6.03 Å². The Morgan fingerprint density at radius 3 is 3.04 bits per heavy atom. The summed E-state index contributed by atoms with van der Waals surface area (Å²) in [5.41, 5.74) is 0.925. The Hall–Kier alpha value is -2.54. The molecule has 124 valence electrons. The van der Waals surface area contributed by atoms with E-state index in [4.69, 9.17) is 13.9 Å². The number of carbonyl (C=O) groups excluding carboxylic acids is 1. The molecule has 7 heteroatoms. The molecule has 0 saturated heterocycles. The number of hydrogen-bond acceptors (Lipinski definition) is 5. The zero-order valence-electron chi connectivity index (χ0n) is 13.1. The van der Waals surface area contributed by atoms with Gasteiger partial charge in [0.2, 0.25) is 5.88 Å². The molecule has 0 unspecified atom stereocenters. The van der Waals surface area contributed by atoms with E-state index in [1.165, 1.54) is 0 Å². The molecule has 0 aliphatic carbocycles. The minimum atomic E-state index is -0.216. The first-order valence-corrected chi connectivity index (χ1v) is 7.38. The number of hydrogen-bond donors (Lipinski definition) is 2. The first-order valence-electron chi connectivity index (χ1n) is 7.38. The molecule has 0 radical (unpaired) electrons. The van der Waals surface area contributed by atoms with Gasteiger partial charge in [-0.1, -0.05) is 0 Å². The van der Waals surface area contributed by atoms with Gasteiger partial charge in [-0.15, -0.1) is 0 Å². The fraction of sp³-hybridized carbons (Fsp3) is 0.375. The highest BCUT2D eigenvalue weighted by Gasteiger charge is 2.02. The van der Waals surface area contributed by atoms with E-state index < -0.39 is 0 Å². The SMILES string of the molecule is COc1cc(CNC(=O)NCCCOCc2ccco2)ccn1. The standard InChI is InChI=1S/C16H21N3O4/c1-21-15-10-13(5-7-17-15)11-19-16(20)18-6-3-8-22-12-14-4-2-9-23-14/h2,4-5,7,9-10H,3,6,8,11-12H2,1H3,(H2,18,19,20). The van der Waals surface area contributed by atoms with Crippen molar-refractivity contribution in [3.05, 3.63) is 48.0 Å². The van der Waals surface area contributed by atoms with Crippen LogP contribution >= 0.6 is 0 Å².